The third kappa shape index (κ3) is 4.55. The standard InChI is InChI=1S/C31H39FO2/c1-4-6-21-10-13-27-24(16-21)18-29-30(20(3)34-31(29)33)28(27)14-11-22-9-12-26(19(2)15-22)23-7-5-8-25(32)17-23/h5,7-9,11-12,14,17,19-21,24,27-30H,4,6,10,13,15-16,18H2,1-3H3/b14-11+/t19?,20-,21+,24+,27+,28+,29-,30-/m0/s1. The summed E-state index contributed by atoms with van der Waals surface area (Å²) in [5.74, 6) is 3.15. The van der Waals surface area contributed by atoms with E-state index in [1.54, 1.807) is 12.1 Å². The first-order chi connectivity index (χ1) is 16.4. The molecule has 0 N–H and O–H groups in total. The normalized spacial score (nSPS) is 37.6. The molecule has 0 spiro atoms. The van der Waals surface area contributed by atoms with Gasteiger partial charge in [-0.15, -0.1) is 0 Å². The minimum absolute atomic E-state index is 0.0141. The number of allylic oxidation sites excluding steroid dienone is 6. The minimum atomic E-state index is -0.183. The molecule has 1 saturated heterocycles. The van der Waals surface area contributed by atoms with Crippen LogP contribution in [0.15, 0.2) is 54.1 Å². The van der Waals surface area contributed by atoms with Gasteiger partial charge < -0.3 is 4.74 Å². The van der Waals surface area contributed by atoms with Gasteiger partial charge in [0.05, 0.1) is 5.92 Å². The molecule has 5 rings (SSSR count). The van der Waals surface area contributed by atoms with Gasteiger partial charge in [0.25, 0.3) is 0 Å². The number of halogens is 1. The molecule has 0 aromatic heterocycles. The van der Waals surface area contributed by atoms with Crippen LogP contribution in [-0.2, 0) is 9.53 Å². The van der Waals surface area contributed by atoms with Gasteiger partial charge in [-0.05, 0) is 91.0 Å². The van der Waals surface area contributed by atoms with E-state index in [2.05, 4.69) is 45.1 Å². The number of hydrogen-bond donors (Lipinski definition) is 0. The maximum Gasteiger partial charge on any atom is 0.309 e. The summed E-state index contributed by atoms with van der Waals surface area (Å²) < 4.78 is 19.5. The molecule has 1 aromatic carbocycles. The van der Waals surface area contributed by atoms with Crippen molar-refractivity contribution >= 4 is 11.5 Å². The summed E-state index contributed by atoms with van der Waals surface area (Å²) >= 11 is 0. The summed E-state index contributed by atoms with van der Waals surface area (Å²) in [4.78, 5) is 12.7. The van der Waals surface area contributed by atoms with Crippen molar-refractivity contribution in [2.24, 2.45) is 41.4 Å². The molecule has 4 aliphatic rings. The predicted molar refractivity (Wildman–Crippen MR) is 135 cm³/mol. The predicted octanol–water partition coefficient (Wildman–Crippen LogP) is 7.76. The Morgan fingerprint density at radius 1 is 1.15 bits per heavy atom. The molecule has 2 nitrogen and oxygen atoms in total. The van der Waals surface area contributed by atoms with E-state index in [1.807, 2.05) is 6.07 Å². The topological polar surface area (TPSA) is 26.3 Å². The van der Waals surface area contributed by atoms with E-state index >= 15 is 0 Å². The van der Waals surface area contributed by atoms with Crippen molar-refractivity contribution in [2.45, 2.75) is 71.8 Å². The number of cyclic esters (lactones) is 1. The number of carbonyl (C=O) groups is 1. The second-order valence-electron chi connectivity index (χ2n) is 11.4. The zero-order valence-corrected chi connectivity index (χ0v) is 20.9. The average molecular weight is 463 g/mol. The fraction of sp³-hybridized carbons (Fsp3) is 0.581. The molecule has 0 radical (unpaired) electrons. The van der Waals surface area contributed by atoms with Gasteiger partial charge in [-0.3, -0.25) is 4.79 Å². The van der Waals surface area contributed by atoms with Crippen molar-refractivity contribution in [3.05, 3.63) is 65.5 Å². The lowest BCUT2D eigenvalue weighted by molar-refractivity contribution is -0.144. The van der Waals surface area contributed by atoms with Crippen molar-refractivity contribution in [1.29, 1.82) is 0 Å². The van der Waals surface area contributed by atoms with E-state index in [-0.39, 0.29) is 23.8 Å². The van der Waals surface area contributed by atoms with E-state index in [9.17, 15) is 9.18 Å². The molecule has 182 valence electrons. The minimum Gasteiger partial charge on any atom is -0.462 e. The Kier molecular flexibility index (Phi) is 6.82. The maximum atomic E-state index is 13.7. The molecule has 0 amide bonds. The molecule has 34 heavy (non-hydrogen) atoms. The Morgan fingerprint density at radius 3 is 2.76 bits per heavy atom. The Balaban J connectivity index is 1.38. The summed E-state index contributed by atoms with van der Waals surface area (Å²) in [6.45, 7) is 6.62. The van der Waals surface area contributed by atoms with Crippen LogP contribution in [0.3, 0.4) is 0 Å². The molecular weight excluding hydrogens is 423 g/mol. The monoisotopic (exact) mass is 462 g/mol. The van der Waals surface area contributed by atoms with Crippen LogP contribution in [0.1, 0.15) is 71.3 Å². The van der Waals surface area contributed by atoms with Crippen LogP contribution < -0.4 is 0 Å². The van der Waals surface area contributed by atoms with Crippen LogP contribution in [0, 0.1) is 47.2 Å². The van der Waals surface area contributed by atoms with Crippen molar-refractivity contribution < 1.29 is 13.9 Å². The van der Waals surface area contributed by atoms with Gasteiger partial charge in [0.1, 0.15) is 11.9 Å². The molecule has 1 heterocycles. The highest BCUT2D eigenvalue weighted by molar-refractivity contribution is 5.75. The van der Waals surface area contributed by atoms with Crippen LogP contribution in [0.2, 0.25) is 0 Å². The van der Waals surface area contributed by atoms with Gasteiger partial charge in [0.2, 0.25) is 0 Å². The molecule has 3 fully saturated rings. The summed E-state index contributed by atoms with van der Waals surface area (Å²) in [6, 6.07) is 6.91. The van der Waals surface area contributed by atoms with Gasteiger partial charge >= 0.3 is 5.97 Å². The third-order valence-electron chi connectivity index (χ3n) is 9.19. The van der Waals surface area contributed by atoms with Crippen LogP contribution in [0.4, 0.5) is 4.39 Å². The van der Waals surface area contributed by atoms with E-state index in [4.69, 9.17) is 4.74 Å². The summed E-state index contributed by atoms with van der Waals surface area (Å²) in [5, 5.41) is 0. The van der Waals surface area contributed by atoms with Crippen molar-refractivity contribution in [3.63, 3.8) is 0 Å². The highest BCUT2D eigenvalue weighted by Gasteiger charge is 2.54. The fourth-order valence-electron chi connectivity index (χ4n) is 7.68. The molecule has 1 aliphatic heterocycles. The second-order valence-corrected chi connectivity index (χ2v) is 11.4. The van der Waals surface area contributed by atoms with Crippen LogP contribution >= 0.6 is 0 Å². The largest absolute Gasteiger partial charge is 0.462 e. The third-order valence-corrected chi connectivity index (χ3v) is 9.19. The first kappa shape index (κ1) is 23.6. The van der Waals surface area contributed by atoms with Crippen molar-refractivity contribution in [3.8, 4) is 0 Å². The van der Waals surface area contributed by atoms with Crippen LogP contribution in [0.5, 0.6) is 0 Å². The highest BCUT2D eigenvalue weighted by atomic mass is 19.1. The lowest BCUT2D eigenvalue weighted by atomic mass is 9.56. The van der Waals surface area contributed by atoms with Crippen LogP contribution in [0.25, 0.3) is 5.57 Å². The lowest BCUT2D eigenvalue weighted by Gasteiger charge is -2.47. The van der Waals surface area contributed by atoms with Crippen molar-refractivity contribution in [2.75, 3.05) is 0 Å². The van der Waals surface area contributed by atoms with Crippen molar-refractivity contribution in [1.82, 2.24) is 0 Å². The van der Waals surface area contributed by atoms with Gasteiger partial charge in [0, 0.05) is 5.92 Å². The molecule has 2 saturated carbocycles. The van der Waals surface area contributed by atoms with Gasteiger partial charge in [-0.25, -0.2) is 4.39 Å². The Hall–Kier alpha value is -2.16. The molecule has 3 heteroatoms. The Labute approximate surface area is 204 Å². The number of carbonyl (C=O) groups excluding carboxylic acids is 1. The molecule has 8 atom stereocenters. The fourth-order valence-corrected chi connectivity index (χ4v) is 7.68. The van der Waals surface area contributed by atoms with Gasteiger partial charge in [0.15, 0.2) is 0 Å². The first-order valence-corrected chi connectivity index (χ1v) is 13.5. The number of fused-ring (bicyclic) bond motifs is 2. The molecule has 1 unspecified atom stereocenters. The molecule has 0 bridgehead atoms. The highest BCUT2D eigenvalue weighted by Crippen LogP contribution is 2.55. The lowest BCUT2D eigenvalue weighted by Crippen LogP contribution is -2.44. The molecular formula is C31H39FO2. The zero-order chi connectivity index (χ0) is 23.8. The summed E-state index contributed by atoms with van der Waals surface area (Å²) in [7, 11) is 0. The summed E-state index contributed by atoms with van der Waals surface area (Å²) in [6.07, 6.45) is 17.6. The summed E-state index contributed by atoms with van der Waals surface area (Å²) in [5.41, 5.74) is 3.50. The number of ether oxygens (including phenoxy) is 1. The Morgan fingerprint density at radius 2 is 2.00 bits per heavy atom. The first-order valence-electron chi connectivity index (χ1n) is 13.5. The quantitative estimate of drug-likeness (QED) is 0.418. The zero-order valence-electron chi connectivity index (χ0n) is 20.9. The average Bonchev–Trinajstić information content (AvgIpc) is 3.10. The van der Waals surface area contributed by atoms with Gasteiger partial charge in [-0.2, -0.15) is 0 Å². The van der Waals surface area contributed by atoms with Gasteiger partial charge in [-0.1, -0.05) is 69.5 Å². The van der Waals surface area contributed by atoms with E-state index < -0.39 is 0 Å². The SMILES string of the molecule is CCC[C@@H]1CC[C@@H]2[C@H](C1)C[C@@H]1C(=O)O[C@@H](C)[C@H]1[C@@H]2/C=C/C1=CC=C(c2cccc(F)c2)C(C)C1. The second kappa shape index (κ2) is 9.84. The van der Waals surface area contributed by atoms with E-state index in [1.165, 1.54) is 49.3 Å². The number of benzene rings is 1. The molecule has 3 aliphatic carbocycles. The number of esters is 1. The smallest absolute Gasteiger partial charge is 0.309 e. The van der Waals surface area contributed by atoms with E-state index in [0.717, 1.165) is 24.3 Å². The molecule has 1 aromatic rings. The Bertz CT molecular complexity index is 1000. The number of rotatable bonds is 5. The number of hydrogen-bond acceptors (Lipinski definition) is 2. The van der Waals surface area contributed by atoms with Crippen LogP contribution in [-0.4, -0.2) is 12.1 Å². The maximum absolute atomic E-state index is 13.7. The van der Waals surface area contributed by atoms with E-state index in [0.29, 0.717) is 29.6 Å².